The minimum atomic E-state index is -0.362. The molecule has 0 saturated carbocycles. The summed E-state index contributed by atoms with van der Waals surface area (Å²) in [7, 11) is 0. The highest BCUT2D eigenvalue weighted by atomic mass is 35.5. The van der Waals surface area contributed by atoms with E-state index in [1.54, 1.807) is 60.7 Å². The van der Waals surface area contributed by atoms with Crippen LogP contribution in [0.3, 0.4) is 0 Å². The largest absolute Gasteiger partial charge is 0.416 e. The second-order valence-corrected chi connectivity index (χ2v) is 7.76. The monoisotopic (exact) mass is 483 g/mol. The van der Waals surface area contributed by atoms with Crippen LogP contribution in [0.15, 0.2) is 77.2 Å². The van der Waals surface area contributed by atoms with E-state index in [4.69, 9.17) is 39.8 Å². The van der Waals surface area contributed by atoms with Crippen LogP contribution in [-0.2, 0) is 0 Å². The number of hydrogen-bond donors (Lipinski definition) is 3. The van der Waals surface area contributed by atoms with Crippen LogP contribution in [0, 0.1) is 0 Å². The van der Waals surface area contributed by atoms with Crippen LogP contribution in [-0.4, -0.2) is 21.2 Å². The van der Waals surface area contributed by atoms with E-state index < -0.39 is 0 Å². The normalized spacial score (nSPS) is 10.4. The minimum Gasteiger partial charge on any atom is -0.416 e. The van der Waals surface area contributed by atoms with Gasteiger partial charge in [-0.25, -0.2) is 0 Å². The van der Waals surface area contributed by atoms with Gasteiger partial charge in [0, 0.05) is 21.8 Å². The van der Waals surface area contributed by atoms with Crippen molar-refractivity contribution in [2.45, 2.75) is 0 Å². The highest BCUT2D eigenvalue weighted by Crippen LogP contribution is 2.29. The number of carbonyl (C=O) groups is 1. The first kappa shape index (κ1) is 21.8. The maximum atomic E-state index is 12.4. The highest BCUT2D eigenvalue weighted by Gasteiger charge is 2.14. The summed E-state index contributed by atoms with van der Waals surface area (Å²) < 4.78 is 5.73. The fraction of sp³-hybridized carbons (Fsp3) is 0. The smallest absolute Gasteiger partial charge is 0.269 e. The first-order valence-electron chi connectivity index (χ1n) is 9.31. The van der Waals surface area contributed by atoms with Gasteiger partial charge in [0.2, 0.25) is 11.8 Å². The van der Waals surface area contributed by atoms with E-state index in [1.807, 2.05) is 12.1 Å². The van der Waals surface area contributed by atoms with Crippen molar-refractivity contribution in [3.05, 3.63) is 88.4 Å². The van der Waals surface area contributed by atoms with Gasteiger partial charge < -0.3 is 9.73 Å². The van der Waals surface area contributed by atoms with Gasteiger partial charge in [-0.1, -0.05) is 35.3 Å². The van der Waals surface area contributed by atoms with Gasteiger partial charge in [-0.15, -0.1) is 10.2 Å². The molecule has 1 heterocycles. The molecule has 0 saturated heterocycles. The average molecular weight is 484 g/mol. The third kappa shape index (κ3) is 5.23. The summed E-state index contributed by atoms with van der Waals surface area (Å²) in [5, 5.41) is 12.4. The number of thiocarbonyl (C=S) groups is 1. The molecule has 4 aromatic rings. The molecule has 0 unspecified atom stereocenters. The molecule has 3 aromatic carbocycles. The zero-order valence-electron chi connectivity index (χ0n) is 16.3. The summed E-state index contributed by atoms with van der Waals surface area (Å²) >= 11 is 17.2. The van der Waals surface area contributed by atoms with Crippen LogP contribution >= 0.6 is 35.4 Å². The second-order valence-electron chi connectivity index (χ2n) is 6.51. The predicted octanol–water partition coefficient (Wildman–Crippen LogP) is 5.34. The Kier molecular flexibility index (Phi) is 6.65. The maximum absolute atomic E-state index is 12.4. The number of benzene rings is 3. The number of halogens is 2. The fourth-order valence-electron chi connectivity index (χ4n) is 2.73. The number of hydrogen-bond acceptors (Lipinski definition) is 5. The number of aromatic nitrogens is 2. The van der Waals surface area contributed by atoms with Crippen molar-refractivity contribution in [3.8, 4) is 22.9 Å². The zero-order valence-corrected chi connectivity index (χ0v) is 18.6. The van der Waals surface area contributed by atoms with Crippen molar-refractivity contribution in [3.63, 3.8) is 0 Å². The summed E-state index contributed by atoms with van der Waals surface area (Å²) in [6.07, 6.45) is 0. The summed E-state index contributed by atoms with van der Waals surface area (Å²) in [6.45, 7) is 0. The van der Waals surface area contributed by atoms with E-state index in [9.17, 15) is 4.79 Å². The van der Waals surface area contributed by atoms with E-state index in [0.717, 1.165) is 5.69 Å². The SMILES string of the molecule is O=C(NNC(=S)Nc1ccc(Cl)cc1)c1ccc(-c2nnc(-c3ccccc3Cl)o2)cc1. The molecule has 0 atom stereocenters. The van der Waals surface area contributed by atoms with Gasteiger partial charge in [-0.05, 0) is 72.9 Å². The van der Waals surface area contributed by atoms with Gasteiger partial charge in [0.05, 0.1) is 10.6 Å². The molecule has 3 N–H and O–H groups in total. The molecular weight excluding hydrogens is 469 g/mol. The minimum absolute atomic E-state index is 0.232. The fourth-order valence-corrected chi connectivity index (χ4v) is 3.24. The Balaban J connectivity index is 1.36. The van der Waals surface area contributed by atoms with Crippen molar-refractivity contribution < 1.29 is 9.21 Å². The third-order valence-corrected chi connectivity index (χ3v) is 5.10. The number of anilines is 1. The van der Waals surface area contributed by atoms with Gasteiger partial charge >= 0.3 is 0 Å². The molecule has 0 aliphatic rings. The molecule has 1 amide bonds. The number of nitrogens with zero attached hydrogens (tertiary/aromatic N) is 2. The number of amides is 1. The molecule has 0 aliphatic carbocycles. The highest BCUT2D eigenvalue weighted by molar-refractivity contribution is 7.80. The van der Waals surface area contributed by atoms with Crippen molar-refractivity contribution in [2.24, 2.45) is 0 Å². The number of rotatable bonds is 4. The second kappa shape index (κ2) is 9.78. The van der Waals surface area contributed by atoms with Crippen LogP contribution in [0.5, 0.6) is 0 Å². The molecule has 0 fully saturated rings. The Morgan fingerprint density at radius 2 is 1.53 bits per heavy atom. The Bertz CT molecular complexity index is 1260. The summed E-state index contributed by atoms with van der Waals surface area (Å²) in [6, 6.07) is 20.9. The lowest BCUT2D eigenvalue weighted by atomic mass is 10.1. The Morgan fingerprint density at radius 1 is 0.844 bits per heavy atom. The molecule has 0 bridgehead atoms. The van der Waals surface area contributed by atoms with E-state index >= 15 is 0 Å². The van der Waals surface area contributed by atoms with Gasteiger partial charge in [0.1, 0.15) is 0 Å². The molecule has 160 valence electrons. The van der Waals surface area contributed by atoms with Gasteiger partial charge in [0.25, 0.3) is 5.91 Å². The molecule has 7 nitrogen and oxygen atoms in total. The molecule has 10 heteroatoms. The first-order valence-corrected chi connectivity index (χ1v) is 10.5. The van der Waals surface area contributed by atoms with Crippen LogP contribution in [0.4, 0.5) is 5.69 Å². The topological polar surface area (TPSA) is 92.1 Å². The molecule has 0 radical (unpaired) electrons. The van der Waals surface area contributed by atoms with E-state index in [0.29, 0.717) is 38.5 Å². The summed E-state index contributed by atoms with van der Waals surface area (Å²) in [4.78, 5) is 12.4. The Morgan fingerprint density at radius 3 is 2.25 bits per heavy atom. The van der Waals surface area contributed by atoms with E-state index in [2.05, 4.69) is 26.4 Å². The average Bonchev–Trinajstić information content (AvgIpc) is 3.29. The number of hydrazine groups is 1. The lowest BCUT2D eigenvalue weighted by Crippen LogP contribution is -2.43. The summed E-state index contributed by atoms with van der Waals surface area (Å²) in [5.41, 5.74) is 7.66. The molecule has 32 heavy (non-hydrogen) atoms. The van der Waals surface area contributed by atoms with Crippen LogP contribution in [0.25, 0.3) is 22.9 Å². The van der Waals surface area contributed by atoms with Crippen LogP contribution in [0.2, 0.25) is 10.0 Å². The van der Waals surface area contributed by atoms with Crippen molar-refractivity contribution in [1.29, 1.82) is 0 Å². The van der Waals surface area contributed by atoms with Gasteiger partial charge in [-0.3, -0.25) is 15.6 Å². The summed E-state index contributed by atoms with van der Waals surface area (Å²) in [5.74, 6) is 0.274. The zero-order chi connectivity index (χ0) is 22.5. The van der Waals surface area contributed by atoms with Gasteiger partial charge in [-0.2, -0.15) is 0 Å². The quantitative estimate of drug-likeness (QED) is 0.266. The van der Waals surface area contributed by atoms with E-state index in [1.165, 1.54) is 0 Å². The molecule has 0 spiro atoms. The first-order chi connectivity index (χ1) is 15.5. The van der Waals surface area contributed by atoms with Crippen LogP contribution in [0.1, 0.15) is 10.4 Å². The van der Waals surface area contributed by atoms with Crippen molar-refractivity contribution >= 4 is 52.1 Å². The van der Waals surface area contributed by atoms with Crippen LogP contribution < -0.4 is 16.2 Å². The lowest BCUT2D eigenvalue weighted by molar-refractivity contribution is 0.0944. The lowest BCUT2D eigenvalue weighted by Gasteiger charge is -2.11. The molecular formula is C22H15Cl2N5O2S. The van der Waals surface area contributed by atoms with Crippen molar-refractivity contribution in [1.82, 2.24) is 21.0 Å². The molecule has 4 rings (SSSR count). The third-order valence-electron chi connectivity index (χ3n) is 4.31. The van der Waals surface area contributed by atoms with E-state index in [-0.39, 0.29) is 11.0 Å². The molecule has 1 aromatic heterocycles. The maximum Gasteiger partial charge on any atom is 0.269 e. The van der Waals surface area contributed by atoms with Gasteiger partial charge in [0.15, 0.2) is 5.11 Å². The molecule has 0 aliphatic heterocycles. The Hall–Kier alpha value is -3.46. The Labute approximate surface area is 198 Å². The standard InChI is InChI=1S/C22H15Cl2N5O2S/c23-15-9-11-16(12-10-15)25-22(32)29-26-19(30)13-5-7-14(8-6-13)20-27-28-21(31-20)17-3-1-2-4-18(17)24/h1-12H,(H,26,30)(H2,25,29,32). The van der Waals surface area contributed by atoms with Crippen molar-refractivity contribution in [2.75, 3.05) is 5.32 Å². The number of carbonyl (C=O) groups excluding carboxylic acids is 1. The number of nitrogens with one attached hydrogen (secondary N) is 3. The predicted molar refractivity (Wildman–Crippen MR) is 128 cm³/mol.